The summed E-state index contributed by atoms with van der Waals surface area (Å²) in [5.41, 5.74) is -0.0466. The second-order valence-electron chi connectivity index (χ2n) is 6.28. The number of aromatic nitrogens is 4. The van der Waals surface area contributed by atoms with Gasteiger partial charge in [0, 0.05) is 19.0 Å². The molecule has 0 radical (unpaired) electrons. The van der Waals surface area contributed by atoms with Crippen LogP contribution < -0.4 is 10.6 Å². The van der Waals surface area contributed by atoms with E-state index in [0.29, 0.717) is 24.9 Å². The fraction of sp³-hybridized carbons (Fsp3) is 0.600. The highest BCUT2D eigenvalue weighted by Gasteiger charge is 2.19. The SMILES string of the molecule is CCNC(=NCc1nncn1C)NCc1ncc(C(C)(C)C)o1.I. The number of nitrogens with zero attached hydrogens (tertiary/aromatic N) is 5. The van der Waals surface area contributed by atoms with Gasteiger partial charge in [-0.1, -0.05) is 20.8 Å². The van der Waals surface area contributed by atoms with Crippen molar-refractivity contribution in [3.8, 4) is 0 Å². The molecule has 24 heavy (non-hydrogen) atoms. The minimum Gasteiger partial charge on any atom is -0.443 e. The van der Waals surface area contributed by atoms with Gasteiger partial charge in [-0.15, -0.1) is 34.2 Å². The number of guanidine groups is 1. The standard InChI is InChI=1S/C15H25N7O.HI/c1-6-16-14(18-8-12-21-20-10-22(12)5)19-9-13-17-7-11(23-13)15(2,3)4;/h7,10H,6,8-9H2,1-5H3,(H2,16,18,19);1H. The van der Waals surface area contributed by atoms with Gasteiger partial charge in [0.2, 0.25) is 5.89 Å². The van der Waals surface area contributed by atoms with Crippen molar-refractivity contribution in [3.05, 3.63) is 30.0 Å². The van der Waals surface area contributed by atoms with Crippen LogP contribution >= 0.6 is 24.0 Å². The summed E-state index contributed by atoms with van der Waals surface area (Å²) in [5.74, 6) is 2.99. The molecule has 0 aromatic carbocycles. The molecule has 2 N–H and O–H groups in total. The highest BCUT2D eigenvalue weighted by Crippen LogP contribution is 2.22. The van der Waals surface area contributed by atoms with E-state index >= 15 is 0 Å². The Morgan fingerprint density at radius 2 is 2.08 bits per heavy atom. The molecule has 0 saturated heterocycles. The molecule has 0 saturated carbocycles. The van der Waals surface area contributed by atoms with Crippen LogP contribution in [0.1, 0.15) is 45.2 Å². The third kappa shape index (κ3) is 5.77. The highest BCUT2D eigenvalue weighted by molar-refractivity contribution is 14.0. The van der Waals surface area contributed by atoms with Crippen LogP contribution in [-0.2, 0) is 25.6 Å². The van der Waals surface area contributed by atoms with Gasteiger partial charge in [-0.25, -0.2) is 9.98 Å². The lowest BCUT2D eigenvalue weighted by atomic mass is 9.94. The maximum atomic E-state index is 5.76. The third-order valence-corrected chi connectivity index (χ3v) is 3.23. The van der Waals surface area contributed by atoms with E-state index in [2.05, 4.69) is 51.6 Å². The molecule has 0 amide bonds. The zero-order valence-corrected chi connectivity index (χ0v) is 17.2. The van der Waals surface area contributed by atoms with Crippen molar-refractivity contribution >= 4 is 29.9 Å². The summed E-state index contributed by atoms with van der Waals surface area (Å²) in [6.07, 6.45) is 3.44. The summed E-state index contributed by atoms with van der Waals surface area (Å²) in [7, 11) is 1.89. The largest absolute Gasteiger partial charge is 0.443 e. The Kier molecular flexibility index (Phi) is 7.64. The first-order chi connectivity index (χ1) is 10.9. The average molecular weight is 447 g/mol. The monoisotopic (exact) mass is 447 g/mol. The molecule has 2 rings (SSSR count). The number of nitrogens with one attached hydrogen (secondary N) is 2. The van der Waals surface area contributed by atoms with Crippen molar-refractivity contribution in [2.75, 3.05) is 6.54 Å². The maximum absolute atomic E-state index is 5.76. The predicted molar refractivity (Wildman–Crippen MR) is 103 cm³/mol. The van der Waals surface area contributed by atoms with E-state index in [1.807, 2.05) is 18.5 Å². The van der Waals surface area contributed by atoms with Crippen LogP contribution in [0, 0.1) is 0 Å². The second kappa shape index (κ2) is 9.00. The lowest BCUT2D eigenvalue weighted by Gasteiger charge is -2.13. The van der Waals surface area contributed by atoms with Gasteiger partial charge in [-0.3, -0.25) is 0 Å². The minimum atomic E-state index is -0.0466. The van der Waals surface area contributed by atoms with Crippen molar-refractivity contribution in [1.82, 2.24) is 30.4 Å². The molecule has 0 fully saturated rings. The average Bonchev–Trinajstić information content (AvgIpc) is 3.10. The Hall–Kier alpha value is -1.65. The number of hydrogen-bond acceptors (Lipinski definition) is 5. The van der Waals surface area contributed by atoms with E-state index in [0.717, 1.165) is 18.1 Å². The fourth-order valence-electron chi connectivity index (χ4n) is 1.84. The Morgan fingerprint density at radius 3 is 2.62 bits per heavy atom. The van der Waals surface area contributed by atoms with E-state index in [1.54, 1.807) is 12.5 Å². The van der Waals surface area contributed by atoms with Crippen LogP contribution in [0.2, 0.25) is 0 Å². The van der Waals surface area contributed by atoms with Gasteiger partial charge >= 0.3 is 0 Å². The maximum Gasteiger partial charge on any atom is 0.213 e. The van der Waals surface area contributed by atoms with E-state index in [9.17, 15) is 0 Å². The topological polar surface area (TPSA) is 93.2 Å². The molecule has 0 aliphatic heterocycles. The summed E-state index contributed by atoms with van der Waals surface area (Å²) in [5, 5.41) is 14.3. The molecule has 2 aromatic rings. The molecule has 0 spiro atoms. The van der Waals surface area contributed by atoms with Crippen LogP contribution in [0.4, 0.5) is 0 Å². The van der Waals surface area contributed by atoms with E-state index in [1.165, 1.54) is 0 Å². The van der Waals surface area contributed by atoms with Gasteiger partial charge in [-0.05, 0) is 6.92 Å². The molecule has 0 aliphatic rings. The lowest BCUT2D eigenvalue weighted by molar-refractivity contribution is 0.379. The Morgan fingerprint density at radius 1 is 1.33 bits per heavy atom. The molecule has 0 unspecified atom stereocenters. The first-order valence-corrected chi connectivity index (χ1v) is 7.70. The number of aliphatic imine (C=N–C) groups is 1. The number of halogens is 1. The molecule has 0 aliphatic carbocycles. The van der Waals surface area contributed by atoms with Gasteiger partial charge in [0.15, 0.2) is 11.8 Å². The number of oxazole rings is 1. The molecule has 9 heteroatoms. The normalized spacial score (nSPS) is 12.0. The quantitative estimate of drug-likeness (QED) is 0.414. The summed E-state index contributed by atoms with van der Waals surface area (Å²) in [6.45, 7) is 9.99. The number of rotatable bonds is 5. The molecule has 2 aromatic heterocycles. The van der Waals surface area contributed by atoms with Gasteiger partial charge in [0.25, 0.3) is 0 Å². The first kappa shape index (κ1) is 20.4. The smallest absolute Gasteiger partial charge is 0.213 e. The lowest BCUT2D eigenvalue weighted by Crippen LogP contribution is -2.37. The Labute approximate surface area is 159 Å². The van der Waals surface area contributed by atoms with Gasteiger partial charge in [0.05, 0.1) is 12.7 Å². The Bertz CT molecular complexity index is 657. The van der Waals surface area contributed by atoms with E-state index < -0.39 is 0 Å². The summed E-state index contributed by atoms with van der Waals surface area (Å²) in [4.78, 5) is 8.79. The van der Waals surface area contributed by atoms with Crippen LogP contribution in [0.25, 0.3) is 0 Å². The number of aryl methyl sites for hydroxylation is 1. The fourth-order valence-corrected chi connectivity index (χ4v) is 1.84. The molecule has 134 valence electrons. The van der Waals surface area contributed by atoms with Crippen molar-refractivity contribution < 1.29 is 4.42 Å². The Balaban J connectivity index is 0.00000288. The highest BCUT2D eigenvalue weighted by atomic mass is 127. The predicted octanol–water partition coefficient (Wildman–Crippen LogP) is 1.97. The molecule has 0 bridgehead atoms. The van der Waals surface area contributed by atoms with Crippen molar-refractivity contribution in [1.29, 1.82) is 0 Å². The van der Waals surface area contributed by atoms with Gasteiger partial charge in [0.1, 0.15) is 18.6 Å². The molecular weight excluding hydrogens is 421 g/mol. The van der Waals surface area contributed by atoms with Gasteiger partial charge in [-0.2, -0.15) is 0 Å². The minimum absolute atomic E-state index is 0. The zero-order chi connectivity index (χ0) is 16.9. The van der Waals surface area contributed by atoms with E-state index in [-0.39, 0.29) is 29.4 Å². The summed E-state index contributed by atoms with van der Waals surface area (Å²) in [6, 6.07) is 0. The van der Waals surface area contributed by atoms with Crippen LogP contribution in [0.15, 0.2) is 21.9 Å². The van der Waals surface area contributed by atoms with Crippen LogP contribution in [0.5, 0.6) is 0 Å². The van der Waals surface area contributed by atoms with E-state index in [4.69, 9.17) is 4.42 Å². The van der Waals surface area contributed by atoms with Crippen molar-refractivity contribution in [3.63, 3.8) is 0 Å². The van der Waals surface area contributed by atoms with Crippen LogP contribution in [0.3, 0.4) is 0 Å². The summed E-state index contributed by atoms with van der Waals surface area (Å²) < 4.78 is 7.61. The molecule has 2 heterocycles. The summed E-state index contributed by atoms with van der Waals surface area (Å²) >= 11 is 0. The van der Waals surface area contributed by atoms with Crippen molar-refractivity contribution in [2.24, 2.45) is 12.0 Å². The second-order valence-corrected chi connectivity index (χ2v) is 6.28. The molecule has 0 atom stereocenters. The van der Waals surface area contributed by atoms with Gasteiger partial charge < -0.3 is 19.6 Å². The molecular formula is C15H26IN7O. The number of hydrogen-bond donors (Lipinski definition) is 2. The zero-order valence-electron chi connectivity index (χ0n) is 14.8. The first-order valence-electron chi connectivity index (χ1n) is 7.70. The molecule has 8 nitrogen and oxygen atoms in total. The van der Waals surface area contributed by atoms with Crippen LogP contribution in [-0.4, -0.2) is 32.3 Å². The third-order valence-electron chi connectivity index (χ3n) is 3.23. The van der Waals surface area contributed by atoms with Crippen molar-refractivity contribution in [2.45, 2.75) is 46.2 Å².